The molecule has 0 spiro atoms. The van der Waals surface area contributed by atoms with E-state index < -0.39 is 9.84 Å². The number of nitrogens with zero attached hydrogens (tertiary/aromatic N) is 1. The summed E-state index contributed by atoms with van der Waals surface area (Å²) in [5, 5.41) is 3.23. The highest BCUT2D eigenvalue weighted by molar-refractivity contribution is 7.90. The molecule has 0 bridgehead atoms. The third kappa shape index (κ3) is 5.75. The summed E-state index contributed by atoms with van der Waals surface area (Å²) in [6, 6.07) is 7.70. The van der Waals surface area contributed by atoms with E-state index in [0.717, 1.165) is 25.6 Å². The van der Waals surface area contributed by atoms with Gasteiger partial charge in [-0.05, 0) is 76.5 Å². The van der Waals surface area contributed by atoms with Gasteiger partial charge in [0.2, 0.25) is 0 Å². The summed E-state index contributed by atoms with van der Waals surface area (Å²) in [5.41, 5.74) is 1.20. The highest BCUT2D eigenvalue weighted by Crippen LogP contribution is 2.28. The lowest BCUT2D eigenvalue weighted by Crippen LogP contribution is -2.36. The van der Waals surface area contributed by atoms with Gasteiger partial charge in [0.05, 0.1) is 4.90 Å². The fourth-order valence-electron chi connectivity index (χ4n) is 3.18. The van der Waals surface area contributed by atoms with Crippen LogP contribution in [0.4, 0.5) is 0 Å². The quantitative estimate of drug-likeness (QED) is 0.847. The molecule has 132 valence electrons. The van der Waals surface area contributed by atoms with Crippen molar-refractivity contribution in [1.82, 2.24) is 10.2 Å². The predicted octanol–water partition coefficient (Wildman–Crippen LogP) is 2.89. The first-order valence-electron chi connectivity index (χ1n) is 8.10. The van der Waals surface area contributed by atoms with E-state index in [1.54, 1.807) is 12.1 Å². The van der Waals surface area contributed by atoms with Crippen LogP contribution in [-0.2, 0) is 9.84 Å². The smallest absolute Gasteiger partial charge is 0.175 e. The number of likely N-dealkylation sites (tertiary alicyclic amines) is 1. The number of sulfone groups is 1. The van der Waals surface area contributed by atoms with Crippen LogP contribution in [0.15, 0.2) is 29.2 Å². The minimum Gasteiger partial charge on any atom is -0.320 e. The first-order chi connectivity index (χ1) is 10.4. The molecule has 1 aliphatic rings. The summed E-state index contributed by atoms with van der Waals surface area (Å²) in [5.74, 6) is 0.837. The molecule has 0 saturated carbocycles. The van der Waals surface area contributed by atoms with Crippen LogP contribution in [0.5, 0.6) is 0 Å². The zero-order chi connectivity index (χ0) is 16.2. The van der Waals surface area contributed by atoms with Crippen LogP contribution in [0.2, 0.25) is 0 Å². The molecule has 0 aliphatic carbocycles. The molecule has 1 aliphatic heterocycles. The summed E-state index contributed by atoms with van der Waals surface area (Å²) in [7, 11) is -1.09. The highest BCUT2D eigenvalue weighted by Gasteiger charge is 2.23. The van der Waals surface area contributed by atoms with E-state index in [-0.39, 0.29) is 12.4 Å². The average Bonchev–Trinajstić information content (AvgIpc) is 2.52. The van der Waals surface area contributed by atoms with Crippen LogP contribution in [0.25, 0.3) is 0 Å². The van der Waals surface area contributed by atoms with Gasteiger partial charge in [0.25, 0.3) is 0 Å². The SMILES string of the molecule is CNCCC1CCN(C(C)c2ccc(S(C)(=O)=O)cc2)CC1.Cl. The summed E-state index contributed by atoms with van der Waals surface area (Å²) in [6.45, 7) is 5.57. The van der Waals surface area contributed by atoms with Gasteiger partial charge in [0, 0.05) is 12.3 Å². The summed E-state index contributed by atoms with van der Waals surface area (Å²) in [4.78, 5) is 2.90. The van der Waals surface area contributed by atoms with Gasteiger partial charge >= 0.3 is 0 Å². The molecular weight excluding hydrogens is 332 g/mol. The van der Waals surface area contributed by atoms with Gasteiger partial charge in [-0.3, -0.25) is 4.90 Å². The first kappa shape index (κ1) is 20.4. The molecule has 2 rings (SSSR count). The van der Waals surface area contributed by atoms with E-state index in [9.17, 15) is 8.42 Å². The molecule has 1 saturated heterocycles. The maximum atomic E-state index is 11.5. The van der Waals surface area contributed by atoms with E-state index >= 15 is 0 Å². The van der Waals surface area contributed by atoms with Crippen molar-refractivity contribution < 1.29 is 8.42 Å². The Morgan fingerprint density at radius 1 is 1.22 bits per heavy atom. The largest absolute Gasteiger partial charge is 0.320 e. The molecular formula is C17H29ClN2O2S. The monoisotopic (exact) mass is 360 g/mol. The normalized spacial score (nSPS) is 18.4. The van der Waals surface area contributed by atoms with Crippen LogP contribution in [0.3, 0.4) is 0 Å². The fourth-order valence-corrected chi connectivity index (χ4v) is 3.81. The number of benzene rings is 1. The van der Waals surface area contributed by atoms with Crippen molar-refractivity contribution in [2.75, 3.05) is 32.9 Å². The molecule has 1 aromatic rings. The van der Waals surface area contributed by atoms with Gasteiger partial charge < -0.3 is 5.32 Å². The summed E-state index contributed by atoms with van der Waals surface area (Å²) < 4.78 is 23.0. The molecule has 1 atom stereocenters. The lowest BCUT2D eigenvalue weighted by Gasteiger charge is -2.36. The average molecular weight is 361 g/mol. The van der Waals surface area contributed by atoms with Crippen molar-refractivity contribution >= 4 is 22.2 Å². The van der Waals surface area contributed by atoms with Crippen molar-refractivity contribution in [3.63, 3.8) is 0 Å². The number of piperidine rings is 1. The second-order valence-corrected chi connectivity index (χ2v) is 8.40. The zero-order valence-corrected chi connectivity index (χ0v) is 15.9. The van der Waals surface area contributed by atoms with Gasteiger partial charge in [0.1, 0.15) is 0 Å². The highest BCUT2D eigenvalue weighted by atomic mass is 35.5. The van der Waals surface area contributed by atoms with Crippen LogP contribution in [0, 0.1) is 5.92 Å². The van der Waals surface area contributed by atoms with Gasteiger partial charge in [-0.1, -0.05) is 12.1 Å². The number of halogens is 1. The van der Waals surface area contributed by atoms with E-state index in [4.69, 9.17) is 0 Å². The number of hydrogen-bond acceptors (Lipinski definition) is 4. The minimum atomic E-state index is -3.11. The molecule has 1 fully saturated rings. The Labute approximate surface area is 147 Å². The molecule has 1 N–H and O–H groups in total. The van der Waals surface area contributed by atoms with Crippen molar-refractivity contribution in [2.45, 2.75) is 37.1 Å². The van der Waals surface area contributed by atoms with Gasteiger partial charge in [-0.15, -0.1) is 12.4 Å². The molecule has 1 heterocycles. The maximum Gasteiger partial charge on any atom is 0.175 e. The van der Waals surface area contributed by atoms with Gasteiger partial charge in [0.15, 0.2) is 9.84 Å². The van der Waals surface area contributed by atoms with Crippen molar-refractivity contribution in [3.8, 4) is 0 Å². The van der Waals surface area contributed by atoms with E-state index in [0.29, 0.717) is 10.9 Å². The van der Waals surface area contributed by atoms with Gasteiger partial charge in [-0.2, -0.15) is 0 Å². The van der Waals surface area contributed by atoms with Crippen LogP contribution < -0.4 is 5.32 Å². The van der Waals surface area contributed by atoms with Crippen LogP contribution in [-0.4, -0.2) is 46.3 Å². The second kappa shape index (κ2) is 9.02. The lowest BCUT2D eigenvalue weighted by molar-refractivity contribution is 0.137. The molecule has 1 unspecified atom stereocenters. The Bertz CT molecular complexity index is 567. The Morgan fingerprint density at radius 2 is 1.78 bits per heavy atom. The molecule has 23 heavy (non-hydrogen) atoms. The van der Waals surface area contributed by atoms with Crippen LogP contribution >= 0.6 is 12.4 Å². The summed E-state index contributed by atoms with van der Waals surface area (Å²) >= 11 is 0. The molecule has 0 radical (unpaired) electrons. The third-order valence-corrected chi connectivity index (χ3v) is 5.92. The van der Waals surface area contributed by atoms with Crippen LogP contribution in [0.1, 0.15) is 37.8 Å². The number of rotatable bonds is 6. The predicted molar refractivity (Wildman–Crippen MR) is 98.1 cm³/mol. The molecule has 4 nitrogen and oxygen atoms in total. The number of hydrogen-bond donors (Lipinski definition) is 1. The Balaban J connectivity index is 0.00000264. The third-order valence-electron chi connectivity index (χ3n) is 4.79. The van der Waals surface area contributed by atoms with Crippen molar-refractivity contribution in [2.24, 2.45) is 5.92 Å². The standard InChI is InChI=1S/C17H28N2O2S.ClH/c1-14(16-4-6-17(7-5-16)22(3,20)21)19-12-9-15(10-13-19)8-11-18-2;/h4-7,14-15,18H,8-13H2,1-3H3;1H. The summed E-state index contributed by atoms with van der Waals surface area (Å²) in [6.07, 6.45) is 5.03. The maximum absolute atomic E-state index is 11.5. The second-order valence-electron chi connectivity index (χ2n) is 6.39. The Hall–Kier alpha value is -0.620. The van der Waals surface area contributed by atoms with E-state index in [2.05, 4.69) is 17.1 Å². The van der Waals surface area contributed by atoms with E-state index in [1.807, 2.05) is 19.2 Å². The Morgan fingerprint density at radius 3 is 2.26 bits per heavy atom. The fraction of sp³-hybridized carbons (Fsp3) is 0.647. The Kier molecular flexibility index (Phi) is 8.01. The zero-order valence-electron chi connectivity index (χ0n) is 14.3. The lowest BCUT2D eigenvalue weighted by atomic mass is 9.92. The molecule has 0 aromatic heterocycles. The van der Waals surface area contributed by atoms with Crippen molar-refractivity contribution in [3.05, 3.63) is 29.8 Å². The van der Waals surface area contributed by atoms with Gasteiger partial charge in [-0.25, -0.2) is 8.42 Å². The van der Waals surface area contributed by atoms with E-state index in [1.165, 1.54) is 31.1 Å². The van der Waals surface area contributed by atoms with Crippen molar-refractivity contribution in [1.29, 1.82) is 0 Å². The molecule has 6 heteroatoms. The number of nitrogens with one attached hydrogen (secondary N) is 1. The molecule has 1 aromatic carbocycles. The molecule has 0 amide bonds. The topological polar surface area (TPSA) is 49.4 Å². The first-order valence-corrected chi connectivity index (χ1v) is 9.99. The minimum absolute atomic E-state index is 0.